The standard InChI is InChI=1S/C12H17N3OS/c1-2-13-11-10(4-3-5-14-11)12(16)15-6-8-17-9-7-15/h3-5H,2,6-9H2,1H3,(H,13,14). The molecular weight excluding hydrogens is 234 g/mol. The molecule has 1 saturated heterocycles. The first-order valence-corrected chi connectivity index (χ1v) is 7.04. The lowest BCUT2D eigenvalue weighted by Crippen LogP contribution is -2.38. The molecule has 5 heteroatoms. The number of rotatable bonds is 3. The number of carbonyl (C=O) groups excluding carboxylic acids is 1. The fourth-order valence-corrected chi connectivity index (χ4v) is 2.73. The zero-order chi connectivity index (χ0) is 12.1. The minimum atomic E-state index is 0.0920. The van der Waals surface area contributed by atoms with Gasteiger partial charge in [-0.3, -0.25) is 4.79 Å². The van der Waals surface area contributed by atoms with E-state index in [0.717, 1.165) is 31.1 Å². The Bertz CT molecular complexity index is 391. The summed E-state index contributed by atoms with van der Waals surface area (Å²) in [4.78, 5) is 18.5. The number of amides is 1. The largest absolute Gasteiger partial charge is 0.370 e. The Balaban J connectivity index is 2.17. The van der Waals surface area contributed by atoms with Gasteiger partial charge in [0.25, 0.3) is 5.91 Å². The third kappa shape index (κ3) is 2.91. The van der Waals surface area contributed by atoms with Crippen LogP contribution in [0.3, 0.4) is 0 Å². The van der Waals surface area contributed by atoms with Gasteiger partial charge in [0.05, 0.1) is 5.56 Å². The fourth-order valence-electron chi connectivity index (χ4n) is 1.82. The van der Waals surface area contributed by atoms with Crippen LogP contribution in [-0.2, 0) is 0 Å². The van der Waals surface area contributed by atoms with Crippen molar-refractivity contribution >= 4 is 23.5 Å². The normalized spacial score (nSPS) is 15.7. The molecule has 0 saturated carbocycles. The van der Waals surface area contributed by atoms with E-state index >= 15 is 0 Å². The summed E-state index contributed by atoms with van der Waals surface area (Å²) in [5.74, 6) is 2.85. The molecule has 2 heterocycles. The van der Waals surface area contributed by atoms with E-state index in [1.165, 1.54) is 0 Å². The molecule has 1 aliphatic heterocycles. The topological polar surface area (TPSA) is 45.2 Å². The average Bonchev–Trinajstić information content (AvgIpc) is 2.40. The first-order chi connectivity index (χ1) is 8.33. The molecule has 0 aliphatic carbocycles. The highest BCUT2D eigenvalue weighted by molar-refractivity contribution is 7.99. The summed E-state index contributed by atoms with van der Waals surface area (Å²) < 4.78 is 0. The summed E-state index contributed by atoms with van der Waals surface area (Å²) >= 11 is 1.90. The van der Waals surface area contributed by atoms with E-state index in [9.17, 15) is 4.79 Å². The summed E-state index contributed by atoms with van der Waals surface area (Å²) in [7, 11) is 0. The van der Waals surface area contributed by atoms with Crippen LogP contribution in [0, 0.1) is 0 Å². The van der Waals surface area contributed by atoms with E-state index in [1.54, 1.807) is 6.20 Å². The van der Waals surface area contributed by atoms with Crippen LogP contribution in [0.2, 0.25) is 0 Å². The molecule has 0 aromatic carbocycles. The predicted octanol–water partition coefficient (Wildman–Crippen LogP) is 1.70. The molecule has 92 valence electrons. The van der Waals surface area contributed by atoms with Crippen molar-refractivity contribution in [2.45, 2.75) is 6.92 Å². The molecule has 0 radical (unpaired) electrons. The average molecular weight is 251 g/mol. The van der Waals surface area contributed by atoms with Gasteiger partial charge in [0.2, 0.25) is 0 Å². The molecule has 0 unspecified atom stereocenters. The number of carbonyl (C=O) groups is 1. The van der Waals surface area contributed by atoms with Crippen molar-refractivity contribution in [3.8, 4) is 0 Å². The number of aromatic nitrogens is 1. The van der Waals surface area contributed by atoms with Gasteiger partial charge >= 0.3 is 0 Å². The van der Waals surface area contributed by atoms with E-state index in [4.69, 9.17) is 0 Å². The van der Waals surface area contributed by atoms with Gasteiger partial charge in [0.15, 0.2) is 0 Å². The second-order valence-corrected chi connectivity index (χ2v) is 5.06. The first-order valence-electron chi connectivity index (χ1n) is 5.89. The second kappa shape index (κ2) is 5.91. The van der Waals surface area contributed by atoms with Gasteiger partial charge in [-0.15, -0.1) is 0 Å². The molecule has 1 fully saturated rings. The quantitative estimate of drug-likeness (QED) is 0.888. The maximum absolute atomic E-state index is 12.3. The Morgan fingerprint density at radius 1 is 1.53 bits per heavy atom. The molecule has 17 heavy (non-hydrogen) atoms. The lowest BCUT2D eigenvalue weighted by Gasteiger charge is -2.27. The Labute approximate surface area is 106 Å². The van der Waals surface area contributed by atoms with Crippen molar-refractivity contribution in [2.75, 3.05) is 36.5 Å². The van der Waals surface area contributed by atoms with Gasteiger partial charge in [-0.2, -0.15) is 11.8 Å². The molecule has 1 amide bonds. The fraction of sp³-hybridized carbons (Fsp3) is 0.500. The van der Waals surface area contributed by atoms with Crippen LogP contribution in [-0.4, -0.2) is 46.9 Å². The maximum atomic E-state index is 12.3. The number of pyridine rings is 1. The summed E-state index contributed by atoms with van der Waals surface area (Å²) in [6.07, 6.45) is 1.71. The Morgan fingerprint density at radius 2 is 2.29 bits per heavy atom. The number of hydrogen-bond donors (Lipinski definition) is 1. The van der Waals surface area contributed by atoms with E-state index < -0.39 is 0 Å². The van der Waals surface area contributed by atoms with E-state index in [0.29, 0.717) is 11.4 Å². The van der Waals surface area contributed by atoms with Crippen LogP contribution in [0.4, 0.5) is 5.82 Å². The number of hydrogen-bond acceptors (Lipinski definition) is 4. The highest BCUT2D eigenvalue weighted by Gasteiger charge is 2.20. The molecule has 1 N–H and O–H groups in total. The van der Waals surface area contributed by atoms with Crippen LogP contribution in [0.25, 0.3) is 0 Å². The molecule has 0 spiro atoms. The van der Waals surface area contributed by atoms with Crippen LogP contribution in [0.15, 0.2) is 18.3 Å². The second-order valence-electron chi connectivity index (χ2n) is 3.83. The molecule has 0 bridgehead atoms. The van der Waals surface area contributed by atoms with Crippen molar-refractivity contribution in [2.24, 2.45) is 0 Å². The minimum Gasteiger partial charge on any atom is -0.370 e. The smallest absolute Gasteiger partial charge is 0.257 e. The lowest BCUT2D eigenvalue weighted by atomic mass is 10.2. The molecule has 4 nitrogen and oxygen atoms in total. The first kappa shape index (κ1) is 12.2. The molecular formula is C12H17N3OS. The number of nitrogens with one attached hydrogen (secondary N) is 1. The summed E-state index contributed by atoms with van der Waals surface area (Å²) in [6, 6.07) is 3.65. The number of nitrogens with zero attached hydrogens (tertiary/aromatic N) is 2. The number of anilines is 1. The van der Waals surface area contributed by atoms with E-state index in [1.807, 2.05) is 35.7 Å². The van der Waals surface area contributed by atoms with E-state index in [2.05, 4.69) is 10.3 Å². The van der Waals surface area contributed by atoms with Crippen molar-refractivity contribution < 1.29 is 4.79 Å². The van der Waals surface area contributed by atoms with Crippen LogP contribution in [0.5, 0.6) is 0 Å². The Hall–Kier alpha value is -1.23. The monoisotopic (exact) mass is 251 g/mol. The summed E-state index contributed by atoms with van der Waals surface area (Å²) in [5, 5.41) is 3.13. The van der Waals surface area contributed by atoms with Gasteiger partial charge in [0.1, 0.15) is 5.82 Å². The van der Waals surface area contributed by atoms with Crippen molar-refractivity contribution in [3.63, 3.8) is 0 Å². The van der Waals surface area contributed by atoms with Crippen molar-refractivity contribution in [1.82, 2.24) is 9.88 Å². The molecule has 1 aromatic heterocycles. The third-order valence-corrected chi connectivity index (χ3v) is 3.62. The lowest BCUT2D eigenvalue weighted by molar-refractivity contribution is 0.0773. The highest BCUT2D eigenvalue weighted by atomic mass is 32.2. The Kier molecular flexibility index (Phi) is 4.25. The van der Waals surface area contributed by atoms with Gasteiger partial charge < -0.3 is 10.2 Å². The van der Waals surface area contributed by atoms with Gasteiger partial charge in [0, 0.05) is 37.3 Å². The van der Waals surface area contributed by atoms with Crippen LogP contribution >= 0.6 is 11.8 Å². The zero-order valence-corrected chi connectivity index (χ0v) is 10.8. The third-order valence-electron chi connectivity index (χ3n) is 2.68. The number of thioether (sulfide) groups is 1. The van der Waals surface area contributed by atoms with E-state index in [-0.39, 0.29) is 5.91 Å². The van der Waals surface area contributed by atoms with Crippen LogP contribution < -0.4 is 5.32 Å². The summed E-state index contributed by atoms with van der Waals surface area (Å²) in [6.45, 7) is 4.45. The van der Waals surface area contributed by atoms with Crippen molar-refractivity contribution in [3.05, 3.63) is 23.9 Å². The molecule has 1 aromatic rings. The molecule has 0 atom stereocenters. The molecule has 1 aliphatic rings. The summed E-state index contributed by atoms with van der Waals surface area (Å²) in [5.41, 5.74) is 0.682. The predicted molar refractivity (Wildman–Crippen MR) is 71.6 cm³/mol. The maximum Gasteiger partial charge on any atom is 0.257 e. The van der Waals surface area contributed by atoms with Gasteiger partial charge in [-0.25, -0.2) is 4.98 Å². The Morgan fingerprint density at radius 3 is 3.00 bits per heavy atom. The zero-order valence-electron chi connectivity index (χ0n) is 9.98. The highest BCUT2D eigenvalue weighted by Crippen LogP contribution is 2.17. The van der Waals surface area contributed by atoms with Crippen LogP contribution in [0.1, 0.15) is 17.3 Å². The van der Waals surface area contributed by atoms with Gasteiger partial charge in [-0.1, -0.05) is 0 Å². The van der Waals surface area contributed by atoms with Crippen molar-refractivity contribution in [1.29, 1.82) is 0 Å². The molecule has 2 rings (SSSR count). The van der Waals surface area contributed by atoms with Gasteiger partial charge in [-0.05, 0) is 19.1 Å². The SMILES string of the molecule is CCNc1ncccc1C(=O)N1CCSCC1. The minimum absolute atomic E-state index is 0.0920.